The first-order valence-corrected chi connectivity index (χ1v) is 1.98. The van der Waals surface area contributed by atoms with Crippen molar-refractivity contribution in [2.24, 2.45) is 5.73 Å². The van der Waals surface area contributed by atoms with Crippen molar-refractivity contribution in [2.75, 3.05) is 0 Å². The Balaban J connectivity index is 3.83. The van der Waals surface area contributed by atoms with E-state index in [2.05, 4.69) is 5.73 Å². The Labute approximate surface area is 45.6 Å². The lowest BCUT2D eigenvalue weighted by Crippen LogP contribution is -2.32. The van der Waals surface area contributed by atoms with Gasteiger partial charge in [0.15, 0.2) is 0 Å². The molecule has 5 heteroatoms. The summed E-state index contributed by atoms with van der Waals surface area (Å²) >= 11 is 0. The van der Waals surface area contributed by atoms with Gasteiger partial charge in [0, 0.05) is 11.8 Å². The summed E-state index contributed by atoms with van der Waals surface area (Å²) < 4.78 is 0. The standard InChI is InChI=1S/C3H6N2O3/c1-2(3(4)6)5(7)8/h2H,1H3,(H2,4,6). The van der Waals surface area contributed by atoms with Gasteiger partial charge in [-0.05, 0) is 0 Å². The van der Waals surface area contributed by atoms with E-state index in [0.717, 1.165) is 6.92 Å². The fraction of sp³-hybridized carbons (Fsp3) is 0.667. The Morgan fingerprint density at radius 3 is 2.25 bits per heavy atom. The SMILES string of the molecule is CC(C(N)=O)[N+](=O)[O-]. The molecule has 0 aromatic carbocycles. The minimum absolute atomic E-state index is 0.734. The topological polar surface area (TPSA) is 86.2 Å². The molecule has 0 fully saturated rings. The number of nitro groups is 1. The lowest BCUT2D eigenvalue weighted by molar-refractivity contribution is -0.503. The maximum Gasteiger partial charge on any atom is 0.291 e. The van der Waals surface area contributed by atoms with Crippen LogP contribution in [0.2, 0.25) is 0 Å². The van der Waals surface area contributed by atoms with Crippen LogP contribution in [0.3, 0.4) is 0 Å². The largest absolute Gasteiger partial charge is 0.364 e. The number of rotatable bonds is 2. The predicted molar refractivity (Wildman–Crippen MR) is 25.7 cm³/mol. The van der Waals surface area contributed by atoms with E-state index < -0.39 is 16.9 Å². The molecule has 0 saturated heterocycles. The van der Waals surface area contributed by atoms with E-state index in [9.17, 15) is 14.9 Å². The van der Waals surface area contributed by atoms with Crippen LogP contribution in [0.25, 0.3) is 0 Å². The molecule has 0 aromatic rings. The van der Waals surface area contributed by atoms with Crippen LogP contribution in [0.15, 0.2) is 0 Å². The number of carbonyl (C=O) groups excluding carboxylic acids is 1. The predicted octanol–water partition coefficient (Wildman–Crippen LogP) is -0.863. The van der Waals surface area contributed by atoms with Gasteiger partial charge in [0.05, 0.1) is 0 Å². The van der Waals surface area contributed by atoms with Crippen LogP contribution in [0.1, 0.15) is 6.92 Å². The summed E-state index contributed by atoms with van der Waals surface area (Å²) in [6.45, 7) is 1.14. The van der Waals surface area contributed by atoms with E-state index in [0.29, 0.717) is 0 Å². The van der Waals surface area contributed by atoms with Crippen molar-refractivity contribution in [3.63, 3.8) is 0 Å². The minimum atomic E-state index is -1.27. The lowest BCUT2D eigenvalue weighted by atomic mass is 10.3. The molecule has 2 N–H and O–H groups in total. The van der Waals surface area contributed by atoms with Crippen LogP contribution in [-0.4, -0.2) is 16.9 Å². The molecular formula is C3H6N2O3. The molecule has 8 heavy (non-hydrogen) atoms. The van der Waals surface area contributed by atoms with Crippen LogP contribution < -0.4 is 5.73 Å². The maximum absolute atomic E-state index is 9.92. The molecule has 0 heterocycles. The second-order valence-electron chi connectivity index (χ2n) is 1.36. The molecule has 1 amide bonds. The normalized spacial score (nSPS) is 12.6. The van der Waals surface area contributed by atoms with Crippen LogP contribution in [0.5, 0.6) is 0 Å². The van der Waals surface area contributed by atoms with E-state index in [-0.39, 0.29) is 0 Å². The third-order valence-corrected chi connectivity index (χ3v) is 0.728. The number of carbonyl (C=O) groups is 1. The average molecular weight is 118 g/mol. The van der Waals surface area contributed by atoms with Crippen molar-refractivity contribution in [2.45, 2.75) is 13.0 Å². The summed E-state index contributed by atoms with van der Waals surface area (Å²) in [7, 11) is 0. The van der Waals surface area contributed by atoms with Gasteiger partial charge >= 0.3 is 0 Å². The van der Waals surface area contributed by atoms with Gasteiger partial charge in [-0.15, -0.1) is 0 Å². The molecule has 0 aromatic heterocycles. The zero-order valence-electron chi connectivity index (χ0n) is 4.33. The molecule has 1 atom stereocenters. The third kappa shape index (κ3) is 1.55. The average Bonchev–Trinajstić information content (AvgIpc) is 1.64. The van der Waals surface area contributed by atoms with Crippen LogP contribution >= 0.6 is 0 Å². The van der Waals surface area contributed by atoms with Gasteiger partial charge < -0.3 is 5.73 Å². The number of amides is 1. The van der Waals surface area contributed by atoms with E-state index >= 15 is 0 Å². The molecule has 0 spiro atoms. The molecule has 0 bridgehead atoms. The van der Waals surface area contributed by atoms with Crippen LogP contribution in [0, 0.1) is 10.1 Å². The fourth-order valence-corrected chi connectivity index (χ4v) is 0.104. The molecule has 1 unspecified atom stereocenters. The van der Waals surface area contributed by atoms with E-state index in [4.69, 9.17) is 0 Å². The molecule has 0 aliphatic heterocycles. The Kier molecular flexibility index (Phi) is 1.93. The Bertz CT molecular complexity index is 108. The van der Waals surface area contributed by atoms with Gasteiger partial charge in [0.1, 0.15) is 0 Å². The Hall–Kier alpha value is -1.13. The summed E-state index contributed by atoms with van der Waals surface area (Å²) in [5.41, 5.74) is 4.56. The quantitative estimate of drug-likeness (QED) is 0.378. The molecule has 5 nitrogen and oxygen atoms in total. The number of nitrogens with two attached hydrogens (primary N) is 1. The smallest absolute Gasteiger partial charge is 0.291 e. The molecule has 0 rings (SSSR count). The van der Waals surface area contributed by atoms with Gasteiger partial charge in [-0.3, -0.25) is 14.9 Å². The van der Waals surface area contributed by atoms with Crippen molar-refractivity contribution < 1.29 is 9.72 Å². The number of nitrogens with zero attached hydrogens (tertiary/aromatic N) is 1. The third-order valence-electron chi connectivity index (χ3n) is 0.728. The minimum Gasteiger partial charge on any atom is -0.364 e. The molecule has 0 radical (unpaired) electrons. The summed E-state index contributed by atoms with van der Waals surface area (Å²) in [6.07, 6.45) is 0. The van der Waals surface area contributed by atoms with Gasteiger partial charge in [0.25, 0.3) is 11.9 Å². The maximum atomic E-state index is 9.92. The summed E-state index contributed by atoms with van der Waals surface area (Å²) in [5.74, 6) is -0.907. The number of primary amides is 1. The highest BCUT2D eigenvalue weighted by Crippen LogP contribution is 1.82. The van der Waals surface area contributed by atoms with Crippen molar-refractivity contribution >= 4 is 5.91 Å². The highest BCUT2D eigenvalue weighted by Gasteiger charge is 2.18. The van der Waals surface area contributed by atoms with Gasteiger partial charge in [-0.25, -0.2) is 0 Å². The van der Waals surface area contributed by atoms with Crippen molar-refractivity contribution in [3.8, 4) is 0 Å². The van der Waals surface area contributed by atoms with Crippen molar-refractivity contribution in [3.05, 3.63) is 10.1 Å². The fourth-order valence-electron chi connectivity index (χ4n) is 0.104. The molecule has 0 aliphatic rings. The zero-order valence-corrected chi connectivity index (χ0v) is 4.33. The highest BCUT2D eigenvalue weighted by molar-refractivity contribution is 5.77. The van der Waals surface area contributed by atoms with E-state index in [1.54, 1.807) is 0 Å². The molecule has 46 valence electrons. The summed E-state index contributed by atoms with van der Waals surface area (Å²) in [6, 6.07) is -1.27. The van der Waals surface area contributed by atoms with Crippen molar-refractivity contribution in [1.29, 1.82) is 0 Å². The van der Waals surface area contributed by atoms with E-state index in [1.807, 2.05) is 0 Å². The monoisotopic (exact) mass is 118 g/mol. The van der Waals surface area contributed by atoms with Crippen LogP contribution in [0.4, 0.5) is 0 Å². The Morgan fingerprint density at radius 1 is 1.88 bits per heavy atom. The van der Waals surface area contributed by atoms with Crippen LogP contribution in [-0.2, 0) is 4.79 Å². The number of hydrogen-bond donors (Lipinski definition) is 1. The second kappa shape index (κ2) is 2.25. The number of hydrogen-bond acceptors (Lipinski definition) is 3. The molecule has 0 saturated carbocycles. The first kappa shape index (κ1) is 6.87. The Morgan fingerprint density at radius 2 is 2.25 bits per heavy atom. The summed E-state index contributed by atoms with van der Waals surface area (Å²) in [5, 5.41) is 9.65. The first-order chi connectivity index (χ1) is 3.55. The lowest BCUT2D eigenvalue weighted by Gasteiger charge is -1.93. The first-order valence-electron chi connectivity index (χ1n) is 1.98. The second-order valence-corrected chi connectivity index (χ2v) is 1.36. The highest BCUT2D eigenvalue weighted by atomic mass is 16.6. The molecule has 0 aliphatic carbocycles. The van der Waals surface area contributed by atoms with Gasteiger partial charge in [0.2, 0.25) is 0 Å². The molecular weight excluding hydrogens is 112 g/mol. The van der Waals surface area contributed by atoms with Gasteiger partial charge in [-0.2, -0.15) is 0 Å². The van der Waals surface area contributed by atoms with Gasteiger partial charge in [-0.1, -0.05) is 0 Å². The summed E-state index contributed by atoms with van der Waals surface area (Å²) in [4.78, 5) is 18.8. The van der Waals surface area contributed by atoms with E-state index in [1.165, 1.54) is 0 Å². The van der Waals surface area contributed by atoms with Crippen molar-refractivity contribution in [1.82, 2.24) is 0 Å². The zero-order chi connectivity index (χ0) is 6.73.